The topological polar surface area (TPSA) is 63.2 Å². The summed E-state index contributed by atoms with van der Waals surface area (Å²) in [6, 6.07) is 5.22. The molecule has 1 aliphatic carbocycles. The lowest BCUT2D eigenvalue weighted by Gasteiger charge is -2.05. The SMILES string of the molecule is CS(=O)(=O)NC(=O)[C@@H]1C[C@@H]1c1cccc(Cl)c1Cl. The second kappa shape index (κ2) is 4.72. The van der Waals surface area contributed by atoms with Gasteiger partial charge >= 0.3 is 0 Å². The zero-order valence-corrected chi connectivity index (χ0v) is 11.8. The van der Waals surface area contributed by atoms with Crippen LogP contribution in [0.3, 0.4) is 0 Å². The predicted octanol–water partition coefficient (Wildman–Crippen LogP) is 2.17. The van der Waals surface area contributed by atoms with Gasteiger partial charge in [-0.2, -0.15) is 0 Å². The molecule has 2 rings (SSSR count). The maximum atomic E-state index is 11.6. The van der Waals surface area contributed by atoms with Crippen molar-refractivity contribution in [2.24, 2.45) is 5.92 Å². The molecular weight excluding hydrogens is 297 g/mol. The number of halogens is 2. The highest BCUT2D eigenvalue weighted by Crippen LogP contribution is 2.50. The molecule has 7 heteroatoms. The first kappa shape index (κ1) is 13.6. The van der Waals surface area contributed by atoms with Crippen LogP contribution in [0.5, 0.6) is 0 Å². The summed E-state index contributed by atoms with van der Waals surface area (Å²) in [7, 11) is -3.51. The van der Waals surface area contributed by atoms with Gasteiger partial charge in [0.25, 0.3) is 0 Å². The minimum absolute atomic E-state index is 0.0575. The number of nitrogens with one attached hydrogen (secondary N) is 1. The quantitative estimate of drug-likeness (QED) is 0.931. The smallest absolute Gasteiger partial charge is 0.237 e. The van der Waals surface area contributed by atoms with Crippen LogP contribution in [0.4, 0.5) is 0 Å². The third kappa shape index (κ3) is 2.96. The highest BCUT2D eigenvalue weighted by Gasteiger charge is 2.45. The molecule has 0 spiro atoms. The van der Waals surface area contributed by atoms with E-state index in [0.717, 1.165) is 11.8 Å². The summed E-state index contributed by atoms with van der Waals surface area (Å²) < 4.78 is 23.9. The minimum Gasteiger partial charge on any atom is -0.274 e. The lowest BCUT2D eigenvalue weighted by atomic mass is 10.1. The van der Waals surface area contributed by atoms with E-state index in [1.807, 2.05) is 4.72 Å². The normalized spacial score (nSPS) is 22.6. The summed E-state index contributed by atoms with van der Waals surface area (Å²) in [4.78, 5) is 11.6. The van der Waals surface area contributed by atoms with Gasteiger partial charge in [-0.25, -0.2) is 8.42 Å². The molecule has 0 bridgehead atoms. The Bertz CT molecular complexity index is 600. The Labute approximate surface area is 115 Å². The van der Waals surface area contributed by atoms with Gasteiger partial charge < -0.3 is 0 Å². The second-order valence-electron chi connectivity index (χ2n) is 4.33. The number of amides is 1. The van der Waals surface area contributed by atoms with Crippen molar-refractivity contribution in [2.45, 2.75) is 12.3 Å². The van der Waals surface area contributed by atoms with E-state index in [0.29, 0.717) is 16.5 Å². The number of carbonyl (C=O) groups is 1. The van der Waals surface area contributed by atoms with Crippen molar-refractivity contribution in [1.82, 2.24) is 4.72 Å². The average molecular weight is 308 g/mol. The summed E-state index contributed by atoms with van der Waals surface area (Å²) in [6.45, 7) is 0. The van der Waals surface area contributed by atoms with Crippen LogP contribution in [0.1, 0.15) is 17.9 Å². The molecule has 0 aliphatic heterocycles. The van der Waals surface area contributed by atoms with Gasteiger partial charge in [-0.05, 0) is 24.0 Å². The Morgan fingerprint density at radius 2 is 2.06 bits per heavy atom. The Morgan fingerprint density at radius 1 is 1.39 bits per heavy atom. The van der Waals surface area contributed by atoms with Gasteiger partial charge in [-0.15, -0.1) is 0 Å². The lowest BCUT2D eigenvalue weighted by Crippen LogP contribution is -2.30. The van der Waals surface area contributed by atoms with Crippen molar-refractivity contribution < 1.29 is 13.2 Å². The zero-order chi connectivity index (χ0) is 13.5. The third-order valence-corrected chi connectivity index (χ3v) is 4.20. The number of benzene rings is 1. The van der Waals surface area contributed by atoms with Gasteiger partial charge in [0.1, 0.15) is 0 Å². The molecule has 0 aromatic heterocycles. The first-order chi connectivity index (χ1) is 8.29. The summed E-state index contributed by atoms with van der Waals surface area (Å²) in [5.41, 5.74) is 0.790. The van der Waals surface area contributed by atoms with E-state index in [1.165, 1.54) is 0 Å². The van der Waals surface area contributed by atoms with Crippen LogP contribution in [0.15, 0.2) is 18.2 Å². The molecule has 4 nitrogen and oxygen atoms in total. The fraction of sp³-hybridized carbons (Fsp3) is 0.364. The van der Waals surface area contributed by atoms with Crippen LogP contribution in [0, 0.1) is 5.92 Å². The molecular formula is C11H11Cl2NO3S. The van der Waals surface area contributed by atoms with Crippen LogP contribution in [0.2, 0.25) is 10.0 Å². The van der Waals surface area contributed by atoms with Crippen LogP contribution >= 0.6 is 23.2 Å². The van der Waals surface area contributed by atoms with Crippen LogP contribution in [-0.2, 0) is 14.8 Å². The van der Waals surface area contributed by atoms with E-state index in [1.54, 1.807) is 18.2 Å². The number of hydrogen-bond acceptors (Lipinski definition) is 3. The van der Waals surface area contributed by atoms with Crippen molar-refractivity contribution in [1.29, 1.82) is 0 Å². The van der Waals surface area contributed by atoms with Gasteiger partial charge in [0, 0.05) is 5.92 Å². The van der Waals surface area contributed by atoms with E-state index >= 15 is 0 Å². The molecule has 1 amide bonds. The summed E-state index contributed by atoms with van der Waals surface area (Å²) in [6.07, 6.45) is 1.54. The van der Waals surface area contributed by atoms with Crippen molar-refractivity contribution in [2.75, 3.05) is 6.26 Å². The van der Waals surface area contributed by atoms with Gasteiger partial charge in [0.05, 0.1) is 16.3 Å². The fourth-order valence-electron chi connectivity index (χ4n) is 1.89. The number of sulfonamides is 1. The van der Waals surface area contributed by atoms with Gasteiger partial charge in [0.2, 0.25) is 15.9 Å². The van der Waals surface area contributed by atoms with E-state index in [9.17, 15) is 13.2 Å². The van der Waals surface area contributed by atoms with E-state index in [4.69, 9.17) is 23.2 Å². The second-order valence-corrected chi connectivity index (χ2v) is 6.86. The van der Waals surface area contributed by atoms with Gasteiger partial charge in [-0.3, -0.25) is 9.52 Å². The molecule has 1 aromatic rings. The molecule has 1 saturated carbocycles. The monoisotopic (exact) mass is 307 g/mol. The van der Waals surface area contributed by atoms with Crippen LogP contribution in [0.25, 0.3) is 0 Å². The van der Waals surface area contributed by atoms with Gasteiger partial charge in [0.15, 0.2) is 0 Å². The number of carbonyl (C=O) groups excluding carboxylic acids is 1. The first-order valence-corrected chi connectivity index (χ1v) is 7.90. The molecule has 2 atom stereocenters. The van der Waals surface area contributed by atoms with Crippen molar-refractivity contribution >= 4 is 39.1 Å². The Hall–Kier alpha value is -0.780. The molecule has 1 aromatic carbocycles. The average Bonchev–Trinajstić information content (AvgIpc) is 2.99. The van der Waals surface area contributed by atoms with Crippen molar-refractivity contribution in [3.05, 3.63) is 33.8 Å². The number of hydrogen-bond donors (Lipinski definition) is 1. The standard InChI is InChI=1S/C11H11Cl2NO3S/c1-18(16,17)14-11(15)8-5-7(8)6-3-2-4-9(12)10(6)13/h2-4,7-8H,5H2,1H3,(H,14,15)/t7-,8-/m1/s1. The highest BCUT2D eigenvalue weighted by molar-refractivity contribution is 7.89. The summed E-state index contributed by atoms with van der Waals surface area (Å²) >= 11 is 11.9. The van der Waals surface area contributed by atoms with E-state index in [2.05, 4.69) is 0 Å². The van der Waals surface area contributed by atoms with Gasteiger partial charge in [-0.1, -0.05) is 35.3 Å². The molecule has 98 valence electrons. The van der Waals surface area contributed by atoms with Crippen LogP contribution in [-0.4, -0.2) is 20.6 Å². The van der Waals surface area contributed by atoms with E-state index in [-0.39, 0.29) is 11.8 Å². The van der Waals surface area contributed by atoms with Crippen molar-refractivity contribution in [3.8, 4) is 0 Å². The summed E-state index contributed by atoms with van der Waals surface area (Å²) in [5, 5.41) is 0.863. The van der Waals surface area contributed by atoms with Crippen LogP contribution < -0.4 is 4.72 Å². The lowest BCUT2D eigenvalue weighted by molar-refractivity contribution is -0.120. The Balaban J connectivity index is 2.12. The highest BCUT2D eigenvalue weighted by atomic mass is 35.5. The first-order valence-electron chi connectivity index (χ1n) is 5.25. The summed E-state index contributed by atoms with van der Waals surface area (Å²) in [5.74, 6) is -0.896. The fourth-order valence-corrected chi connectivity index (χ4v) is 2.86. The molecule has 1 aliphatic rings. The zero-order valence-electron chi connectivity index (χ0n) is 9.48. The maximum absolute atomic E-state index is 11.6. The molecule has 0 heterocycles. The number of rotatable bonds is 3. The third-order valence-electron chi connectivity index (χ3n) is 2.79. The molecule has 0 radical (unpaired) electrons. The van der Waals surface area contributed by atoms with E-state index < -0.39 is 15.9 Å². The molecule has 0 unspecified atom stereocenters. The predicted molar refractivity (Wildman–Crippen MR) is 70.3 cm³/mol. The molecule has 1 fully saturated rings. The Morgan fingerprint density at radius 3 is 2.67 bits per heavy atom. The van der Waals surface area contributed by atoms with Crippen molar-refractivity contribution in [3.63, 3.8) is 0 Å². The largest absolute Gasteiger partial charge is 0.274 e. The Kier molecular flexibility index (Phi) is 3.58. The molecule has 1 N–H and O–H groups in total. The minimum atomic E-state index is -3.51. The maximum Gasteiger partial charge on any atom is 0.237 e. The molecule has 0 saturated heterocycles. The molecule has 18 heavy (non-hydrogen) atoms.